The molecular weight excluding hydrogens is 242 g/mol. The first-order valence-electron chi connectivity index (χ1n) is 4.56. The average Bonchev–Trinajstić information content (AvgIpc) is 2.38. The third-order valence-electron chi connectivity index (χ3n) is 2.73. The summed E-state index contributed by atoms with van der Waals surface area (Å²) in [6.45, 7) is 3.90. The number of hydrogen-bond donors (Lipinski definition) is 1. The number of carbonyl (C=O) groups is 1. The second kappa shape index (κ2) is 3.09. The summed E-state index contributed by atoms with van der Waals surface area (Å²) in [4.78, 5) is 11.6. The molecule has 0 fully saturated rings. The number of amides is 1. The van der Waals surface area contributed by atoms with Crippen LogP contribution in [0.3, 0.4) is 0 Å². The van der Waals surface area contributed by atoms with E-state index < -0.39 is 5.41 Å². The Bertz CT molecular complexity index is 398. The second-order valence-electron chi connectivity index (χ2n) is 4.09. The summed E-state index contributed by atoms with van der Waals surface area (Å²) in [6, 6.07) is 6.08. The maximum atomic E-state index is 11.6. The van der Waals surface area contributed by atoms with E-state index in [4.69, 9.17) is 0 Å². The van der Waals surface area contributed by atoms with Gasteiger partial charge in [0.05, 0.1) is 5.41 Å². The van der Waals surface area contributed by atoms with Crippen LogP contribution in [0.25, 0.3) is 0 Å². The fraction of sp³-hybridized carbons (Fsp3) is 0.364. The predicted molar refractivity (Wildman–Crippen MR) is 60.7 cm³/mol. The molecule has 2 nitrogen and oxygen atoms in total. The summed E-state index contributed by atoms with van der Waals surface area (Å²) in [6.07, 6.45) is 0. The Hall–Kier alpha value is -0.830. The number of hydrogen-bond acceptors (Lipinski definition) is 1. The van der Waals surface area contributed by atoms with Crippen LogP contribution in [-0.4, -0.2) is 5.91 Å². The highest BCUT2D eigenvalue weighted by molar-refractivity contribution is 9.08. The highest BCUT2D eigenvalue weighted by Crippen LogP contribution is 2.37. The molecule has 0 radical (unpaired) electrons. The lowest BCUT2D eigenvalue weighted by molar-refractivity contribution is -0.119. The molecule has 1 aliphatic heterocycles. The van der Waals surface area contributed by atoms with Gasteiger partial charge in [-0.05, 0) is 31.0 Å². The average molecular weight is 254 g/mol. The van der Waals surface area contributed by atoms with Crippen molar-refractivity contribution in [3.05, 3.63) is 29.3 Å². The van der Waals surface area contributed by atoms with Crippen molar-refractivity contribution >= 4 is 27.5 Å². The normalized spacial score (nSPS) is 17.8. The van der Waals surface area contributed by atoms with Gasteiger partial charge in [-0.1, -0.05) is 28.1 Å². The maximum absolute atomic E-state index is 11.6. The molecule has 74 valence electrons. The highest BCUT2D eigenvalue weighted by Gasteiger charge is 2.38. The minimum absolute atomic E-state index is 0.0826. The molecule has 1 heterocycles. The molecule has 0 aliphatic carbocycles. The predicted octanol–water partition coefficient (Wildman–Crippen LogP) is 2.81. The van der Waals surface area contributed by atoms with E-state index in [1.165, 1.54) is 5.56 Å². The van der Waals surface area contributed by atoms with E-state index in [1.807, 2.05) is 26.0 Å². The van der Waals surface area contributed by atoms with Crippen molar-refractivity contribution in [2.75, 3.05) is 5.32 Å². The Morgan fingerprint density at radius 1 is 1.43 bits per heavy atom. The van der Waals surface area contributed by atoms with Crippen molar-refractivity contribution in [3.8, 4) is 0 Å². The molecule has 1 aliphatic rings. The Morgan fingerprint density at radius 3 is 2.79 bits per heavy atom. The van der Waals surface area contributed by atoms with E-state index in [9.17, 15) is 4.79 Å². The van der Waals surface area contributed by atoms with Crippen LogP contribution in [-0.2, 0) is 15.5 Å². The number of benzene rings is 1. The molecule has 14 heavy (non-hydrogen) atoms. The number of alkyl halides is 1. The molecule has 0 aromatic heterocycles. The van der Waals surface area contributed by atoms with Gasteiger partial charge < -0.3 is 5.32 Å². The van der Waals surface area contributed by atoms with E-state index in [0.29, 0.717) is 0 Å². The van der Waals surface area contributed by atoms with E-state index in [2.05, 4.69) is 27.3 Å². The first kappa shape index (κ1) is 9.71. The summed E-state index contributed by atoms with van der Waals surface area (Å²) in [5.41, 5.74) is 2.85. The Morgan fingerprint density at radius 2 is 2.14 bits per heavy atom. The van der Waals surface area contributed by atoms with E-state index >= 15 is 0 Å². The minimum atomic E-state index is -0.395. The summed E-state index contributed by atoms with van der Waals surface area (Å²) in [5.74, 6) is 0.0826. The second-order valence-corrected chi connectivity index (χ2v) is 4.65. The first-order valence-corrected chi connectivity index (χ1v) is 5.68. The van der Waals surface area contributed by atoms with Crippen molar-refractivity contribution in [2.45, 2.75) is 24.6 Å². The van der Waals surface area contributed by atoms with Gasteiger partial charge in [0, 0.05) is 11.0 Å². The van der Waals surface area contributed by atoms with Gasteiger partial charge in [0.1, 0.15) is 0 Å². The molecule has 0 saturated carbocycles. The summed E-state index contributed by atoms with van der Waals surface area (Å²) >= 11 is 3.41. The van der Waals surface area contributed by atoms with Gasteiger partial charge in [-0.3, -0.25) is 4.79 Å². The largest absolute Gasteiger partial charge is 0.325 e. The molecule has 3 heteroatoms. The third-order valence-corrected chi connectivity index (χ3v) is 3.37. The molecule has 1 N–H and O–H groups in total. The number of rotatable bonds is 1. The zero-order valence-electron chi connectivity index (χ0n) is 8.23. The Kier molecular flexibility index (Phi) is 2.14. The minimum Gasteiger partial charge on any atom is -0.325 e. The van der Waals surface area contributed by atoms with Crippen molar-refractivity contribution in [3.63, 3.8) is 0 Å². The summed E-state index contributed by atoms with van der Waals surface area (Å²) in [5, 5.41) is 3.71. The number of halogens is 1. The number of carbonyl (C=O) groups excluding carboxylic acids is 1. The van der Waals surface area contributed by atoms with Crippen LogP contribution in [0.5, 0.6) is 0 Å². The van der Waals surface area contributed by atoms with E-state index in [0.717, 1.165) is 16.6 Å². The van der Waals surface area contributed by atoms with Crippen LogP contribution in [0, 0.1) is 0 Å². The van der Waals surface area contributed by atoms with Crippen LogP contribution in [0.4, 0.5) is 5.69 Å². The lowest BCUT2D eigenvalue weighted by atomic mass is 9.85. The standard InChI is InChI=1S/C11H12BrNO/c1-11(2)8-5-7(6-12)3-4-9(8)13-10(11)14/h3-5H,6H2,1-2H3,(H,13,14). The zero-order chi connectivity index (χ0) is 10.3. The highest BCUT2D eigenvalue weighted by atomic mass is 79.9. The molecule has 1 aromatic carbocycles. The first-order chi connectivity index (χ1) is 6.55. The van der Waals surface area contributed by atoms with Crippen molar-refractivity contribution in [1.82, 2.24) is 0 Å². The van der Waals surface area contributed by atoms with Crippen LogP contribution < -0.4 is 5.32 Å². The third kappa shape index (κ3) is 1.27. The van der Waals surface area contributed by atoms with Gasteiger partial charge in [0.15, 0.2) is 0 Å². The van der Waals surface area contributed by atoms with Crippen molar-refractivity contribution < 1.29 is 4.79 Å². The lowest BCUT2D eigenvalue weighted by Gasteiger charge is -2.15. The smallest absolute Gasteiger partial charge is 0.234 e. The maximum Gasteiger partial charge on any atom is 0.234 e. The van der Waals surface area contributed by atoms with Gasteiger partial charge in [0.2, 0.25) is 5.91 Å². The lowest BCUT2D eigenvalue weighted by Crippen LogP contribution is -2.26. The van der Waals surface area contributed by atoms with E-state index in [1.54, 1.807) is 0 Å². The fourth-order valence-electron chi connectivity index (χ4n) is 1.70. The van der Waals surface area contributed by atoms with Gasteiger partial charge in [-0.15, -0.1) is 0 Å². The topological polar surface area (TPSA) is 29.1 Å². The molecular formula is C11H12BrNO. The summed E-state index contributed by atoms with van der Waals surface area (Å²) in [7, 11) is 0. The van der Waals surface area contributed by atoms with Crippen molar-refractivity contribution in [1.29, 1.82) is 0 Å². The molecule has 1 amide bonds. The SMILES string of the molecule is CC1(C)C(=O)Nc2ccc(CBr)cc21. The number of anilines is 1. The monoisotopic (exact) mass is 253 g/mol. The molecule has 0 spiro atoms. The van der Waals surface area contributed by atoms with E-state index in [-0.39, 0.29) is 5.91 Å². The van der Waals surface area contributed by atoms with Crippen LogP contribution in [0.1, 0.15) is 25.0 Å². The fourth-order valence-corrected chi connectivity index (χ4v) is 2.05. The van der Waals surface area contributed by atoms with Gasteiger partial charge >= 0.3 is 0 Å². The molecule has 2 rings (SSSR count). The van der Waals surface area contributed by atoms with Gasteiger partial charge in [-0.25, -0.2) is 0 Å². The van der Waals surface area contributed by atoms with Crippen LogP contribution in [0.2, 0.25) is 0 Å². The molecule has 0 bridgehead atoms. The van der Waals surface area contributed by atoms with Crippen LogP contribution >= 0.6 is 15.9 Å². The van der Waals surface area contributed by atoms with Crippen molar-refractivity contribution in [2.24, 2.45) is 0 Å². The quantitative estimate of drug-likeness (QED) is 0.767. The molecule has 0 atom stereocenters. The number of fused-ring (bicyclic) bond motifs is 1. The molecule has 0 unspecified atom stereocenters. The molecule has 0 saturated heterocycles. The Labute approximate surface area is 91.8 Å². The summed E-state index contributed by atoms with van der Waals surface area (Å²) < 4.78 is 0. The molecule has 1 aromatic rings. The van der Waals surface area contributed by atoms with Gasteiger partial charge in [-0.2, -0.15) is 0 Å². The van der Waals surface area contributed by atoms with Crippen LogP contribution in [0.15, 0.2) is 18.2 Å². The zero-order valence-corrected chi connectivity index (χ0v) is 9.81. The number of nitrogens with one attached hydrogen (secondary N) is 1. The van der Waals surface area contributed by atoms with Gasteiger partial charge in [0.25, 0.3) is 0 Å². The Balaban J connectivity index is 2.56.